The highest BCUT2D eigenvalue weighted by Gasteiger charge is 2.44. The molecule has 2 N–H and O–H groups in total. The number of anilines is 1. The summed E-state index contributed by atoms with van der Waals surface area (Å²) >= 11 is 0. The number of piperazine rings is 1. The number of carbonyl (C=O) groups is 2. The molecule has 2 fully saturated rings. The molecule has 0 aliphatic carbocycles. The molecule has 1 unspecified atom stereocenters. The quantitative estimate of drug-likeness (QED) is 0.790. The number of amides is 2. The van der Waals surface area contributed by atoms with Crippen molar-refractivity contribution in [2.75, 3.05) is 45.1 Å². The van der Waals surface area contributed by atoms with Crippen molar-refractivity contribution in [3.8, 4) is 5.75 Å². The van der Waals surface area contributed by atoms with E-state index in [1.807, 2.05) is 13.8 Å². The lowest BCUT2D eigenvalue weighted by Gasteiger charge is -2.39. The van der Waals surface area contributed by atoms with Crippen molar-refractivity contribution in [3.05, 3.63) is 23.8 Å². The average molecular weight is 393 g/mol. The molecule has 0 bridgehead atoms. The van der Waals surface area contributed by atoms with Gasteiger partial charge in [0.25, 0.3) is 11.8 Å². The lowest BCUT2D eigenvalue weighted by molar-refractivity contribution is -0.154. The molecule has 0 radical (unpaired) electrons. The van der Waals surface area contributed by atoms with Gasteiger partial charge in [-0.05, 0) is 44.9 Å². The Morgan fingerprint density at radius 2 is 1.89 bits per heavy atom. The maximum Gasteiger partial charge on any atom is 0.262 e. The number of nitrogen functional groups attached to an aromatic ring is 1. The molecule has 2 aliphatic heterocycles. The molecule has 154 valence electrons. The number of halogens is 1. The summed E-state index contributed by atoms with van der Waals surface area (Å²) in [6, 6.07) is 5.03. The molecule has 1 aromatic carbocycles. The second-order valence-electron chi connectivity index (χ2n) is 7.62. The van der Waals surface area contributed by atoms with Crippen LogP contribution in [0, 0.1) is 0 Å². The Labute approximate surface area is 164 Å². The van der Waals surface area contributed by atoms with Gasteiger partial charge in [-0.2, -0.15) is 0 Å². The predicted molar refractivity (Wildman–Crippen MR) is 103 cm³/mol. The number of nitrogens with two attached hydrogens (primary N) is 1. The Bertz CT molecular complexity index is 726. The minimum absolute atomic E-state index is 0.0158. The molecule has 0 spiro atoms. The fourth-order valence-electron chi connectivity index (χ4n) is 3.56. The summed E-state index contributed by atoms with van der Waals surface area (Å²) in [5.41, 5.74) is 4.79. The van der Waals surface area contributed by atoms with Gasteiger partial charge >= 0.3 is 0 Å². The smallest absolute Gasteiger partial charge is 0.262 e. The van der Waals surface area contributed by atoms with Crippen LogP contribution >= 0.6 is 0 Å². The summed E-state index contributed by atoms with van der Waals surface area (Å²) in [5.74, 6) is -0.168. The number of benzene rings is 1. The molecular formula is C20H28FN3O4. The SMILES string of the molecule is CC(C)Oc1ccc(N)c(C(=O)N2CCN(C(=O)C3(F)CCCOC3)CC2)c1. The molecule has 1 atom stereocenters. The Balaban J connectivity index is 1.63. The van der Waals surface area contributed by atoms with Crippen molar-refractivity contribution in [2.24, 2.45) is 0 Å². The van der Waals surface area contributed by atoms with Crippen molar-refractivity contribution in [3.63, 3.8) is 0 Å². The van der Waals surface area contributed by atoms with Gasteiger partial charge in [0.15, 0.2) is 0 Å². The topological polar surface area (TPSA) is 85.1 Å². The summed E-state index contributed by atoms with van der Waals surface area (Å²) in [4.78, 5) is 28.6. The van der Waals surface area contributed by atoms with Crippen LogP contribution in [0.2, 0.25) is 0 Å². The van der Waals surface area contributed by atoms with Crippen molar-refractivity contribution in [1.82, 2.24) is 9.80 Å². The van der Waals surface area contributed by atoms with Crippen LogP contribution in [0.25, 0.3) is 0 Å². The number of nitrogens with zero attached hydrogens (tertiary/aromatic N) is 2. The number of carbonyl (C=O) groups excluding carboxylic acids is 2. The first kappa shape index (κ1) is 20.4. The van der Waals surface area contributed by atoms with Crippen molar-refractivity contribution in [1.29, 1.82) is 0 Å². The van der Waals surface area contributed by atoms with Crippen molar-refractivity contribution >= 4 is 17.5 Å². The Kier molecular flexibility index (Phi) is 6.07. The monoisotopic (exact) mass is 393 g/mol. The molecule has 0 aromatic heterocycles. The largest absolute Gasteiger partial charge is 0.491 e. The second kappa shape index (κ2) is 8.34. The third-order valence-electron chi connectivity index (χ3n) is 5.06. The summed E-state index contributed by atoms with van der Waals surface area (Å²) in [5, 5.41) is 0. The number of ether oxygens (including phenoxy) is 2. The lowest BCUT2D eigenvalue weighted by atomic mass is 9.96. The maximum atomic E-state index is 14.8. The highest BCUT2D eigenvalue weighted by molar-refractivity contribution is 5.99. The summed E-state index contributed by atoms with van der Waals surface area (Å²) < 4.78 is 25.6. The predicted octanol–water partition coefficient (Wildman–Crippen LogP) is 1.86. The highest BCUT2D eigenvalue weighted by Crippen LogP contribution is 2.27. The number of hydrogen-bond donors (Lipinski definition) is 1. The van der Waals surface area contributed by atoms with Crippen molar-refractivity contribution in [2.45, 2.75) is 38.5 Å². The third kappa shape index (κ3) is 4.38. The van der Waals surface area contributed by atoms with E-state index in [1.54, 1.807) is 23.1 Å². The zero-order chi connectivity index (χ0) is 20.3. The van der Waals surface area contributed by atoms with Gasteiger partial charge < -0.3 is 25.0 Å². The van der Waals surface area contributed by atoms with E-state index in [4.69, 9.17) is 15.2 Å². The Morgan fingerprint density at radius 1 is 1.21 bits per heavy atom. The summed E-state index contributed by atoms with van der Waals surface area (Å²) in [6.45, 7) is 5.35. The normalized spacial score (nSPS) is 23.0. The van der Waals surface area contributed by atoms with Crippen LogP contribution in [0.5, 0.6) is 5.75 Å². The Morgan fingerprint density at radius 3 is 2.50 bits per heavy atom. The van der Waals surface area contributed by atoms with Crippen LogP contribution < -0.4 is 10.5 Å². The van der Waals surface area contributed by atoms with Gasteiger partial charge in [0.2, 0.25) is 5.67 Å². The van der Waals surface area contributed by atoms with Gasteiger partial charge in [-0.15, -0.1) is 0 Å². The van der Waals surface area contributed by atoms with Gasteiger partial charge in [-0.1, -0.05) is 0 Å². The minimum Gasteiger partial charge on any atom is -0.491 e. The van der Waals surface area contributed by atoms with Gasteiger partial charge in [0.1, 0.15) is 5.75 Å². The van der Waals surface area contributed by atoms with Gasteiger partial charge in [0, 0.05) is 38.5 Å². The highest BCUT2D eigenvalue weighted by atomic mass is 19.1. The zero-order valence-corrected chi connectivity index (χ0v) is 16.4. The Hall–Kier alpha value is -2.35. The zero-order valence-electron chi connectivity index (χ0n) is 16.4. The van der Waals surface area contributed by atoms with Gasteiger partial charge in [-0.3, -0.25) is 9.59 Å². The molecule has 2 aliphatic rings. The first-order valence-corrected chi connectivity index (χ1v) is 9.72. The van der Waals surface area contributed by atoms with E-state index >= 15 is 0 Å². The van der Waals surface area contributed by atoms with E-state index in [0.717, 1.165) is 0 Å². The first-order valence-electron chi connectivity index (χ1n) is 9.72. The molecule has 2 amide bonds. The number of rotatable bonds is 4. The van der Waals surface area contributed by atoms with E-state index < -0.39 is 11.6 Å². The molecule has 7 nitrogen and oxygen atoms in total. The van der Waals surface area contributed by atoms with Crippen molar-refractivity contribution < 1.29 is 23.5 Å². The van der Waals surface area contributed by atoms with Gasteiger partial charge in [0.05, 0.1) is 18.3 Å². The van der Waals surface area contributed by atoms with E-state index in [0.29, 0.717) is 56.2 Å². The van der Waals surface area contributed by atoms with Crippen LogP contribution in [0.1, 0.15) is 37.0 Å². The van der Waals surface area contributed by atoms with E-state index in [-0.39, 0.29) is 25.0 Å². The molecule has 8 heteroatoms. The van der Waals surface area contributed by atoms with Crippen LogP contribution in [0.3, 0.4) is 0 Å². The molecule has 3 rings (SSSR count). The average Bonchev–Trinajstić information content (AvgIpc) is 2.68. The molecule has 2 heterocycles. The molecule has 0 saturated carbocycles. The standard InChI is InChI=1S/C20H28FN3O4/c1-14(2)28-15-4-5-17(22)16(12-15)18(25)23-7-9-24(10-8-23)19(26)20(21)6-3-11-27-13-20/h4-5,12,14H,3,6-11,13,22H2,1-2H3. The third-order valence-corrected chi connectivity index (χ3v) is 5.06. The molecule has 2 saturated heterocycles. The second-order valence-corrected chi connectivity index (χ2v) is 7.62. The summed E-state index contributed by atoms with van der Waals surface area (Å²) in [6.07, 6.45) is 0.705. The molecule has 28 heavy (non-hydrogen) atoms. The van der Waals surface area contributed by atoms with Crippen LogP contribution in [0.15, 0.2) is 18.2 Å². The molecule has 1 aromatic rings. The van der Waals surface area contributed by atoms with E-state index in [1.165, 1.54) is 4.90 Å². The van der Waals surface area contributed by atoms with Crippen LogP contribution in [-0.2, 0) is 9.53 Å². The fourth-order valence-corrected chi connectivity index (χ4v) is 3.56. The number of alkyl halides is 1. The molecular weight excluding hydrogens is 365 g/mol. The van der Waals surface area contributed by atoms with Crippen LogP contribution in [0.4, 0.5) is 10.1 Å². The van der Waals surface area contributed by atoms with E-state index in [2.05, 4.69) is 0 Å². The van der Waals surface area contributed by atoms with E-state index in [9.17, 15) is 14.0 Å². The van der Waals surface area contributed by atoms with Gasteiger partial charge in [-0.25, -0.2) is 4.39 Å². The maximum absolute atomic E-state index is 14.8. The summed E-state index contributed by atoms with van der Waals surface area (Å²) in [7, 11) is 0. The first-order chi connectivity index (χ1) is 13.3. The van der Waals surface area contributed by atoms with Crippen LogP contribution in [-0.4, -0.2) is 72.8 Å². The number of hydrogen-bond acceptors (Lipinski definition) is 5. The lowest BCUT2D eigenvalue weighted by Crippen LogP contribution is -2.57. The fraction of sp³-hybridized carbons (Fsp3) is 0.600. The minimum atomic E-state index is -1.95.